The van der Waals surface area contributed by atoms with Gasteiger partial charge >= 0.3 is 5.97 Å². The minimum Gasteiger partial charge on any atom is -0.480 e. The van der Waals surface area contributed by atoms with Crippen molar-refractivity contribution in [3.05, 3.63) is 22.4 Å². The lowest BCUT2D eigenvalue weighted by Gasteiger charge is -2.26. The Hall–Kier alpha value is -1.30. The number of carbonyl (C=O) groups is 2. The number of nitrogens with zero attached hydrogens (tertiary/aromatic N) is 1. The molecule has 20 heavy (non-hydrogen) atoms. The van der Waals surface area contributed by atoms with Crippen molar-refractivity contribution >= 4 is 27.8 Å². The van der Waals surface area contributed by atoms with Crippen LogP contribution in [0.15, 0.2) is 16.7 Å². The highest BCUT2D eigenvalue weighted by atomic mass is 79.9. The molecule has 0 saturated heterocycles. The Morgan fingerprint density at radius 1 is 1.55 bits per heavy atom. The second-order valence-electron chi connectivity index (χ2n) is 5.47. The van der Waals surface area contributed by atoms with Gasteiger partial charge in [0.15, 0.2) is 0 Å². The Morgan fingerprint density at radius 2 is 2.20 bits per heavy atom. The molecule has 0 aromatic carbocycles. The number of carbonyl (C=O) groups excluding carboxylic acids is 1. The topological polar surface area (TPSA) is 71.3 Å². The van der Waals surface area contributed by atoms with Crippen molar-refractivity contribution in [1.29, 1.82) is 0 Å². The molecule has 5 nitrogen and oxygen atoms in total. The lowest BCUT2D eigenvalue weighted by Crippen LogP contribution is -2.54. The first-order valence-electron chi connectivity index (χ1n) is 6.80. The molecule has 0 spiro atoms. The monoisotopic (exact) mass is 342 g/mol. The number of halogens is 1. The molecule has 1 amide bonds. The van der Waals surface area contributed by atoms with Crippen LogP contribution in [0, 0.1) is 5.92 Å². The fraction of sp³-hybridized carbons (Fsp3) is 0.571. The standard InChI is InChI=1S/C14H19BrN2O3/c1-3-6-17-8-10(15)7-11(17)12(18)16-14(2,13(19)20)9-4-5-9/h7-9H,3-6H2,1-2H3,(H,16,18)(H,19,20). The molecule has 0 bridgehead atoms. The van der Waals surface area contributed by atoms with E-state index in [1.807, 2.05) is 17.7 Å². The summed E-state index contributed by atoms with van der Waals surface area (Å²) in [4.78, 5) is 23.8. The van der Waals surface area contributed by atoms with E-state index in [2.05, 4.69) is 21.2 Å². The van der Waals surface area contributed by atoms with Gasteiger partial charge in [-0.2, -0.15) is 0 Å². The Bertz CT molecular complexity index is 537. The highest BCUT2D eigenvalue weighted by Crippen LogP contribution is 2.39. The van der Waals surface area contributed by atoms with Crippen LogP contribution in [-0.2, 0) is 11.3 Å². The maximum Gasteiger partial charge on any atom is 0.329 e. The summed E-state index contributed by atoms with van der Waals surface area (Å²) in [6.45, 7) is 4.34. The second-order valence-corrected chi connectivity index (χ2v) is 6.39. The smallest absolute Gasteiger partial charge is 0.329 e. The van der Waals surface area contributed by atoms with Crippen LogP contribution in [0.2, 0.25) is 0 Å². The zero-order valence-electron chi connectivity index (χ0n) is 11.6. The van der Waals surface area contributed by atoms with Crippen LogP contribution in [0.4, 0.5) is 0 Å². The minimum absolute atomic E-state index is 0.0296. The van der Waals surface area contributed by atoms with Gasteiger partial charge in [0.05, 0.1) is 0 Å². The highest BCUT2D eigenvalue weighted by molar-refractivity contribution is 9.10. The van der Waals surface area contributed by atoms with E-state index in [4.69, 9.17) is 0 Å². The number of nitrogens with one attached hydrogen (secondary N) is 1. The van der Waals surface area contributed by atoms with Gasteiger partial charge in [-0.1, -0.05) is 6.92 Å². The number of hydrogen-bond donors (Lipinski definition) is 2. The molecule has 0 radical (unpaired) electrons. The van der Waals surface area contributed by atoms with Crippen molar-refractivity contribution in [2.45, 2.75) is 45.2 Å². The van der Waals surface area contributed by atoms with E-state index in [0.29, 0.717) is 5.69 Å². The van der Waals surface area contributed by atoms with Crippen molar-refractivity contribution in [3.63, 3.8) is 0 Å². The van der Waals surface area contributed by atoms with Gasteiger partial charge in [-0.15, -0.1) is 0 Å². The lowest BCUT2D eigenvalue weighted by atomic mass is 9.96. The number of aliphatic carboxylic acids is 1. The molecule has 1 unspecified atom stereocenters. The molecule has 6 heteroatoms. The summed E-state index contributed by atoms with van der Waals surface area (Å²) in [5.41, 5.74) is -0.683. The summed E-state index contributed by atoms with van der Waals surface area (Å²) in [5.74, 6) is -1.27. The van der Waals surface area contributed by atoms with Crippen molar-refractivity contribution in [1.82, 2.24) is 9.88 Å². The number of aromatic nitrogens is 1. The largest absolute Gasteiger partial charge is 0.480 e. The molecule has 2 N–H and O–H groups in total. The Labute approximate surface area is 126 Å². The number of hydrogen-bond acceptors (Lipinski definition) is 2. The van der Waals surface area contributed by atoms with Crippen LogP contribution in [0.25, 0.3) is 0 Å². The predicted octanol–water partition coefficient (Wildman–Crippen LogP) is 2.64. The zero-order valence-corrected chi connectivity index (χ0v) is 13.2. The quantitative estimate of drug-likeness (QED) is 0.834. The maximum atomic E-state index is 12.4. The Kier molecular flexibility index (Phi) is 4.22. The molecule has 0 aliphatic heterocycles. The van der Waals surface area contributed by atoms with Gasteiger partial charge in [0.25, 0.3) is 5.91 Å². The number of carboxylic acids is 1. The molecule has 110 valence electrons. The Morgan fingerprint density at radius 3 is 2.70 bits per heavy atom. The van der Waals surface area contributed by atoms with E-state index < -0.39 is 11.5 Å². The van der Waals surface area contributed by atoms with E-state index >= 15 is 0 Å². The molecule has 1 atom stereocenters. The molecular weight excluding hydrogens is 324 g/mol. The fourth-order valence-corrected chi connectivity index (χ4v) is 2.85. The number of carboxylic acid groups (broad SMARTS) is 1. The predicted molar refractivity (Wildman–Crippen MR) is 78.7 cm³/mol. The van der Waals surface area contributed by atoms with E-state index in [-0.39, 0.29) is 11.8 Å². The van der Waals surface area contributed by atoms with E-state index in [1.54, 1.807) is 13.0 Å². The van der Waals surface area contributed by atoms with Crippen LogP contribution in [0.5, 0.6) is 0 Å². The molecule has 1 aromatic heterocycles. The highest BCUT2D eigenvalue weighted by Gasteiger charge is 2.48. The van der Waals surface area contributed by atoms with E-state index in [0.717, 1.165) is 30.3 Å². The summed E-state index contributed by atoms with van der Waals surface area (Å²) in [6.07, 6.45) is 4.44. The molecule has 2 rings (SSSR count). The first-order chi connectivity index (χ1) is 9.38. The summed E-state index contributed by atoms with van der Waals surface area (Å²) in [5, 5.41) is 12.1. The number of amides is 1. The van der Waals surface area contributed by atoms with Crippen molar-refractivity contribution in [2.24, 2.45) is 5.92 Å². The van der Waals surface area contributed by atoms with E-state index in [9.17, 15) is 14.7 Å². The normalized spacial score (nSPS) is 17.6. The second kappa shape index (κ2) is 5.60. The van der Waals surface area contributed by atoms with Crippen LogP contribution in [0.1, 0.15) is 43.6 Å². The van der Waals surface area contributed by atoms with Crippen LogP contribution < -0.4 is 5.32 Å². The van der Waals surface area contributed by atoms with Gasteiger partial charge in [-0.25, -0.2) is 4.79 Å². The summed E-state index contributed by atoms with van der Waals surface area (Å²) < 4.78 is 2.66. The third-order valence-corrected chi connectivity index (χ3v) is 4.21. The van der Waals surface area contributed by atoms with Crippen LogP contribution >= 0.6 is 15.9 Å². The maximum absolute atomic E-state index is 12.4. The number of aryl methyl sites for hydroxylation is 1. The molecule has 1 fully saturated rings. The zero-order chi connectivity index (χ0) is 14.9. The third kappa shape index (κ3) is 2.90. The Balaban J connectivity index is 2.21. The molecule has 1 aliphatic rings. The minimum atomic E-state index is -1.18. The van der Waals surface area contributed by atoms with Crippen molar-refractivity contribution < 1.29 is 14.7 Å². The van der Waals surface area contributed by atoms with Crippen molar-refractivity contribution in [3.8, 4) is 0 Å². The fourth-order valence-electron chi connectivity index (χ4n) is 2.38. The SMILES string of the molecule is CCCn1cc(Br)cc1C(=O)NC(C)(C(=O)O)C1CC1. The van der Waals surface area contributed by atoms with Gasteiger partial charge in [-0.3, -0.25) is 4.79 Å². The van der Waals surface area contributed by atoms with Gasteiger partial charge < -0.3 is 15.0 Å². The van der Waals surface area contributed by atoms with Gasteiger partial charge in [0.2, 0.25) is 0 Å². The summed E-state index contributed by atoms with van der Waals surface area (Å²) in [7, 11) is 0. The first kappa shape index (κ1) is 15.1. The molecular formula is C14H19BrN2O3. The van der Waals surface area contributed by atoms with Crippen molar-refractivity contribution in [2.75, 3.05) is 0 Å². The van der Waals surface area contributed by atoms with Gasteiger partial charge in [0, 0.05) is 17.2 Å². The first-order valence-corrected chi connectivity index (χ1v) is 7.59. The average Bonchev–Trinajstić information content (AvgIpc) is 3.14. The molecule has 1 aromatic rings. The van der Waals surface area contributed by atoms with E-state index in [1.165, 1.54) is 0 Å². The lowest BCUT2D eigenvalue weighted by molar-refractivity contribution is -0.144. The number of rotatable bonds is 6. The van der Waals surface area contributed by atoms with Gasteiger partial charge in [0.1, 0.15) is 11.2 Å². The molecule has 1 heterocycles. The van der Waals surface area contributed by atoms with Crippen LogP contribution in [-0.4, -0.2) is 27.1 Å². The van der Waals surface area contributed by atoms with Gasteiger partial charge in [-0.05, 0) is 54.1 Å². The third-order valence-electron chi connectivity index (χ3n) is 3.77. The average molecular weight is 343 g/mol. The molecule has 1 saturated carbocycles. The molecule has 1 aliphatic carbocycles. The summed E-state index contributed by atoms with van der Waals surface area (Å²) >= 11 is 3.35. The summed E-state index contributed by atoms with van der Waals surface area (Å²) in [6, 6.07) is 1.72. The van der Waals surface area contributed by atoms with Crippen LogP contribution in [0.3, 0.4) is 0 Å².